The summed E-state index contributed by atoms with van der Waals surface area (Å²) in [5.74, 6) is 0. The van der Waals surface area contributed by atoms with Gasteiger partial charge in [-0.3, -0.25) is 4.90 Å². The molecule has 4 N–H and O–H groups in total. The zero-order valence-electron chi connectivity index (χ0n) is 9.87. The summed E-state index contributed by atoms with van der Waals surface area (Å²) in [6.07, 6.45) is -1.48. The molecule has 0 spiro atoms. The van der Waals surface area contributed by atoms with Gasteiger partial charge >= 0.3 is 0 Å². The molecule has 0 unspecified atom stereocenters. The fraction of sp³-hybridized carbons (Fsp3) is 1.00. The summed E-state index contributed by atoms with van der Waals surface area (Å²) in [6, 6.07) is -0.132. The van der Waals surface area contributed by atoms with Gasteiger partial charge in [0.1, 0.15) is 0 Å². The van der Waals surface area contributed by atoms with Gasteiger partial charge in [-0.15, -0.1) is 0 Å². The van der Waals surface area contributed by atoms with Crippen molar-refractivity contribution in [2.75, 3.05) is 13.1 Å². The molecule has 2 rings (SSSR count). The minimum absolute atomic E-state index is 0.114. The van der Waals surface area contributed by atoms with Crippen molar-refractivity contribution < 1.29 is 15.3 Å². The maximum absolute atomic E-state index is 10.0. The molecule has 2 aliphatic heterocycles. The number of hydrogen-bond acceptors (Lipinski definition) is 5. The molecule has 5 heteroatoms. The molecule has 0 aromatic rings. The van der Waals surface area contributed by atoms with Gasteiger partial charge in [-0.2, -0.15) is 0 Å². The molecule has 0 aromatic heterocycles. The summed E-state index contributed by atoms with van der Waals surface area (Å²) in [5, 5.41) is 33.0. The monoisotopic (exact) mass is 230 g/mol. The van der Waals surface area contributed by atoms with Crippen LogP contribution in [-0.2, 0) is 0 Å². The van der Waals surface area contributed by atoms with Crippen LogP contribution in [0, 0.1) is 0 Å². The van der Waals surface area contributed by atoms with Crippen LogP contribution in [0.15, 0.2) is 0 Å². The Morgan fingerprint density at radius 2 is 1.88 bits per heavy atom. The van der Waals surface area contributed by atoms with Gasteiger partial charge in [0.2, 0.25) is 0 Å². The Balaban J connectivity index is 2.06. The first-order valence-corrected chi connectivity index (χ1v) is 6.05. The number of fused-ring (bicyclic) bond motifs is 1. The molecular weight excluding hydrogens is 208 g/mol. The molecule has 2 heterocycles. The molecule has 0 radical (unpaired) electrons. The molecule has 2 fully saturated rings. The Morgan fingerprint density at radius 1 is 1.19 bits per heavy atom. The zero-order chi connectivity index (χ0) is 11.9. The van der Waals surface area contributed by atoms with Gasteiger partial charge in [0.05, 0.1) is 24.4 Å². The third kappa shape index (κ3) is 2.10. The van der Waals surface area contributed by atoms with Crippen LogP contribution in [-0.4, -0.2) is 69.7 Å². The van der Waals surface area contributed by atoms with Crippen molar-refractivity contribution >= 4 is 0 Å². The molecule has 0 saturated carbocycles. The van der Waals surface area contributed by atoms with Crippen molar-refractivity contribution in [1.29, 1.82) is 0 Å². The van der Waals surface area contributed by atoms with E-state index in [2.05, 4.69) is 10.2 Å². The molecule has 0 amide bonds. The van der Waals surface area contributed by atoms with Crippen LogP contribution in [0.5, 0.6) is 0 Å². The maximum atomic E-state index is 10.0. The second-order valence-electron chi connectivity index (χ2n) is 5.25. The minimum Gasteiger partial charge on any atom is -0.391 e. The number of piperidine rings is 1. The van der Waals surface area contributed by atoms with Crippen LogP contribution < -0.4 is 5.32 Å². The van der Waals surface area contributed by atoms with Gasteiger partial charge in [-0.05, 0) is 6.42 Å². The van der Waals surface area contributed by atoms with Gasteiger partial charge < -0.3 is 20.6 Å². The highest BCUT2D eigenvalue weighted by atomic mass is 16.3. The van der Waals surface area contributed by atoms with Crippen LogP contribution in [0.25, 0.3) is 0 Å². The fourth-order valence-corrected chi connectivity index (χ4v) is 2.90. The Hall–Kier alpha value is -0.200. The molecule has 2 aliphatic rings. The van der Waals surface area contributed by atoms with E-state index in [-0.39, 0.29) is 18.1 Å². The number of hydrogen-bond donors (Lipinski definition) is 4. The molecule has 94 valence electrons. The van der Waals surface area contributed by atoms with Gasteiger partial charge in [0.15, 0.2) is 0 Å². The minimum atomic E-state index is -0.859. The van der Waals surface area contributed by atoms with Crippen LogP contribution >= 0.6 is 0 Å². The molecule has 5 atom stereocenters. The average molecular weight is 230 g/mol. The van der Waals surface area contributed by atoms with Gasteiger partial charge in [-0.1, -0.05) is 13.8 Å². The third-order valence-electron chi connectivity index (χ3n) is 3.62. The van der Waals surface area contributed by atoms with Crippen LogP contribution in [0.1, 0.15) is 20.3 Å². The summed E-state index contributed by atoms with van der Waals surface area (Å²) < 4.78 is 0. The number of aliphatic hydroxyl groups excluding tert-OH is 3. The van der Waals surface area contributed by atoms with E-state index in [9.17, 15) is 15.3 Å². The molecule has 2 saturated heterocycles. The highest BCUT2D eigenvalue weighted by molar-refractivity contribution is 5.03. The van der Waals surface area contributed by atoms with E-state index < -0.39 is 18.3 Å². The average Bonchev–Trinajstić information content (AvgIpc) is 2.55. The zero-order valence-corrected chi connectivity index (χ0v) is 9.87. The van der Waals surface area contributed by atoms with Crippen molar-refractivity contribution in [3.63, 3.8) is 0 Å². The van der Waals surface area contributed by atoms with Crippen molar-refractivity contribution in [2.45, 2.75) is 56.7 Å². The molecular formula is C11H22N2O3. The highest BCUT2D eigenvalue weighted by Crippen LogP contribution is 2.28. The van der Waals surface area contributed by atoms with E-state index in [0.717, 1.165) is 6.54 Å². The third-order valence-corrected chi connectivity index (χ3v) is 3.62. The number of aliphatic hydroxyl groups is 3. The topological polar surface area (TPSA) is 76.0 Å². The lowest BCUT2D eigenvalue weighted by molar-refractivity contribution is -0.102. The fourth-order valence-electron chi connectivity index (χ4n) is 2.90. The molecule has 0 aliphatic carbocycles. The smallest absolute Gasteiger partial charge is 0.0994 e. The Kier molecular flexibility index (Phi) is 3.51. The maximum Gasteiger partial charge on any atom is 0.0994 e. The predicted octanol–water partition coefficient (Wildman–Crippen LogP) is -1.48. The summed E-state index contributed by atoms with van der Waals surface area (Å²) in [7, 11) is 0. The normalized spacial score (nSPS) is 45.0. The van der Waals surface area contributed by atoms with E-state index in [4.69, 9.17) is 0 Å². The summed E-state index contributed by atoms with van der Waals surface area (Å²) in [5.41, 5.74) is 0. The van der Waals surface area contributed by atoms with E-state index >= 15 is 0 Å². The molecule has 16 heavy (non-hydrogen) atoms. The van der Waals surface area contributed by atoms with E-state index in [0.29, 0.717) is 13.0 Å². The molecule has 0 aromatic carbocycles. The lowest BCUT2D eigenvalue weighted by Gasteiger charge is -2.43. The summed E-state index contributed by atoms with van der Waals surface area (Å²) >= 11 is 0. The first-order valence-electron chi connectivity index (χ1n) is 6.05. The Labute approximate surface area is 96.1 Å². The number of rotatable bonds is 2. The van der Waals surface area contributed by atoms with Crippen molar-refractivity contribution in [3.8, 4) is 0 Å². The van der Waals surface area contributed by atoms with Gasteiger partial charge in [-0.25, -0.2) is 0 Å². The van der Waals surface area contributed by atoms with E-state index in [1.807, 2.05) is 13.8 Å². The SMILES string of the molecule is CC(C)N[C@H]1CN2CC[C@H](O)[C@@H]2[C@@H](O)[C@@H]1O. The van der Waals surface area contributed by atoms with Crippen molar-refractivity contribution in [2.24, 2.45) is 0 Å². The van der Waals surface area contributed by atoms with Crippen LogP contribution in [0.3, 0.4) is 0 Å². The Morgan fingerprint density at radius 3 is 2.50 bits per heavy atom. The van der Waals surface area contributed by atoms with Crippen molar-refractivity contribution in [3.05, 3.63) is 0 Å². The first-order chi connectivity index (χ1) is 7.50. The molecule has 0 bridgehead atoms. The summed E-state index contributed by atoms with van der Waals surface area (Å²) in [6.45, 7) is 5.53. The van der Waals surface area contributed by atoms with Gasteiger partial charge in [0, 0.05) is 25.2 Å². The lowest BCUT2D eigenvalue weighted by atomic mass is 9.91. The summed E-state index contributed by atoms with van der Waals surface area (Å²) in [4.78, 5) is 2.07. The first kappa shape index (κ1) is 12.3. The standard InChI is InChI=1S/C11H22N2O3/c1-6(2)12-7-5-13-4-3-8(14)9(13)11(16)10(7)15/h6-12,14-16H,3-5H2,1-2H3/t7-,8-,9+,10+,11+/m0/s1. The largest absolute Gasteiger partial charge is 0.391 e. The second kappa shape index (κ2) is 4.58. The van der Waals surface area contributed by atoms with Gasteiger partial charge in [0.25, 0.3) is 0 Å². The van der Waals surface area contributed by atoms with Crippen molar-refractivity contribution in [1.82, 2.24) is 10.2 Å². The van der Waals surface area contributed by atoms with Crippen LogP contribution in [0.2, 0.25) is 0 Å². The van der Waals surface area contributed by atoms with E-state index in [1.54, 1.807) is 0 Å². The second-order valence-corrected chi connectivity index (χ2v) is 5.25. The number of nitrogens with one attached hydrogen (secondary N) is 1. The molecule has 5 nitrogen and oxygen atoms in total. The Bertz CT molecular complexity index is 249. The number of nitrogens with zero attached hydrogens (tertiary/aromatic N) is 1. The highest BCUT2D eigenvalue weighted by Gasteiger charge is 2.47. The van der Waals surface area contributed by atoms with Crippen LogP contribution in [0.4, 0.5) is 0 Å². The quantitative estimate of drug-likeness (QED) is 0.466. The lowest BCUT2D eigenvalue weighted by Crippen LogP contribution is -2.65. The van der Waals surface area contributed by atoms with E-state index in [1.165, 1.54) is 0 Å². The predicted molar refractivity (Wildman–Crippen MR) is 60.1 cm³/mol.